The predicted octanol–water partition coefficient (Wildman–Crippen LogP) is 2.91. The SMILES string of the molecule is CCC(C)(C)Nc1nc(Cl)nc(OC(C)C)n1. The molecule has 1 N–H and O–H groups in total. The van der Waals surface area contributed by atoms with E-state index < -0.39 is 0 Å². The number of hydrogen-bond acceptors (Lipinski definition) is 5. The molecular formula is C11H19ClN4O. The highest BCUT2D eigenvalue weighted by atomic mass is 35.5. The zero-order valence-electron chi connectivity index (χ0n) is 10.9. The summed E-state index contributed by atoms with van der Waals surface area (Å²) in [6, 6.07) is 0.245. The lowest BCUT2D eigenvalue weighted by molar-refractivity contribution is 0.221. The first-order valence-electron chi connectivity index (χ1n) is 5.69. The summed E-state index contributed by atoms with van der Waals surface area (Å²) in [6.07, 6.45) is 0.942. The van der Waals surface area contributed by atoms with Crippen molar-refractivity contribution in [3.05, 3.63) is 5.28 Å². The largest absolute Gasteiger partial charge is 0.461 e. The molecule has 1 aromatic heterocycles. The van der Waals surface area contributed by atoms with Crippen LogP contribution in [-0.4, -0.2) is 26.6 Å². The Kier molecular flexibility index (Phi) is 4.51. The Balaban J connectivity index is 2.89. The van der Waals surface area contributed by atoms with Gasteiger partial charge >= 0.3 is 6.01 Å². The molecule has 0 atom stereocenters. The molecule has 1 aromatic rings. The van der Waals surface area contributed by atoms with Crippen molar-refractivity contribution in [2.75, 3.05) is 5.32 Å². The Morgan fingerprint density at radius 1 is 1.29 bits per heavy atom. The highest BCUT2D eigenvalue weighted by Gasteiger charge is 2.17. The molecule has 0 radical (unpaired) electrons. The molecular weight excluding hydrogens is 240 g/mol. The second kappa shape index (κ2) is 5.49. The zero-order valence-corrected chi connectivity index (χ0v) is 11.7. The average Bonchev–Trinajstić information content (AvgIpc) is 2.14. The summed E-state index contributed by atoms with van der Waals surface area (Å²) in [4.78, 5) is 12.1. The molecule has 0 aromatic carbocycles. The molecule has 0 amide bonds. The summed E-state index contributed by atoms with van der Waals surface area (Å²) in [5.41, 5.74) is -0.0974. The van der Waals surface area contributed by atoms with Crippen LogP contribution in [0, 0.1) is 0 Å². The van der Waals surface area contributed by atoms with Crippen molar-refractivity contribution in [1.29, 1.82) is 0 Å². The fraction of sp³-hybridized carbons (Fsp3) is 0.727. The minimum Gasteiger partial charge on any atom is -0.461 e. The van der Waals surface area contributed by atoms with Crippen LogP contribution in [0.25, 0.3) is 0 Å². The normalized spacial score (nSPS) is 11.7. The van der Waals surface area contributed by atoms with Crippen LogP contribution in [0.3, 0.4) is 0 Å². The van der Waals surface area contributed by atoms with E-state index in [0.717, 1.165) is 6.42 Å². The summed E-state index contributed by atoms with van der Waals surface area (Å²) >= 11 is 5.82. The van der Waals surface area contributed by atoms with Crippen molar-refractivity contribution in [3.8, 4) is 6.01 Å². The quantitative estimate of drug-likeness (QED) is 0.880. The summed E-state index contributed by atoms with van der Waals surface area (Å²) in [7, 11) is 0. The van der Waals surface area contributed by atoms with Gasteiger partial charge in [0.05, 0.1) is 6.10 Å². The van der Waals surface area contributed by atoms with E-state index in [0.29, 0.717) is 5.95 Å². The van der Waals surface area contributed by atoms with Gasteiger partial charge in [-0.2, -0.15) is 15.0 Å². The van der Waals surface area contributed by atoms with E-state index in [1.807, 2.05) is 13.8 Å². The third-order valence-corrected chi connectivity index (χ3v) is 2.43. The van der Waals surface area contributed by atoms with Gasteiger partial charge in [0, 0.05) is 5.54 Å². The third kappa shape index (κ3) is 4.73. The van der Waals surface area contributed by atoms with Gasteiger partial charge in [0.2, 0.25) is 11.2 Å². The maximum absolute atomic E-state index is 5.82. The Labute approximate surface area is 107 Å². The summed E-state index contributed by atoms with van der Waals surface area (Å²) < 4.78 is 5.40. The topological polar surface area (TPSA) is 59.9 Å². The van der Waals surface area contributed by atoms with Crippen molar-refractivity contribution in [3.63, 3.8) is 0 Å². The molecule has 0 aliphatic carbocycles. The van der Waals surface area contributed by atoms with Crippen molar-refractivity contribution in [2.45, 2.75) is 52.7 Å². The molecule has 0 fully saturated rings. The first-order valence-corrected chi connectivity index (χ1v) is 6.06. The Morgan fingerprint density at radius 2 is 1.94 bits per heavy atom. The maximum atomic E-state index is 5.82. The smallest absolute Gasteiger partial charge is 0.322 e. The first-order chi connectivity index (χ1) is 7.82. The maximum Gasteiger partial charge on any atom is 0.322 e. The summed E-state index contributed by atoms with van der Waals surface area (Å²) in [5.74, 6) is 0.438. The first kappa shape index (κ1) is 14.0. The molecule has 0 saturated heterocycles. The van der Waals surface area contributed by atoms with Crippen molar-refractivity contribution >= 4 is 17.5 Å². The fourth-order valence-electron chi connectivity index (χ4n) is 1.04. The highest BCUT2D eigenvalue weighted by molar-refractivity contribution is 6.28. The number of rotatable bonds is 5. The molecule has 0 bridgehead atoms. The van der Waals surface area contributed by atoms with Gasteiger partial charge in [-0.3, -0.25) is 0 Å². The van der Waals surface area contributed by atoms with Crippen LogP contribution in [0.4, 0.5) is 5.95 Å². The van der Waals surface area contributed by atoms with Gasteiger partial charge in [-0.05, 0) is 45.7 Å². The zero-order chi connectivity index (χ0) is 13.1. The molecule has 17 heavy (non-hydrogen) atoms. The van der Waals surface area contributed by atoms with Gasteiger partial charge < -0.3 is 10.1 Å². The number of hydrogen-bond donors (Lipinski definition) is 1. The van der Waals surface area contributed by atoms with Crippen LogP contribution in [0.2, 0.25) is 5.28 Å². The molecule has 6 heteroatoms. The van der Waals surface area contributed by atoms with Gasteiger partial charge in [-0.1, -0.05) is 6.92 Å². The van der Waals surface area contributed by atoms with E-state index in [4.69, 9.17) is 16.3 Å². The van der Waals surface area contributed by atoms with Gasteiger partial charge in [-0.15, -0.1) is 0 Å². The Bertz CT molecular complexity index is 382. The van der Waals surface area contributed by atoms with E-state index in [-0.39, 0.29) is 22.9 Å². The van der Waals surface area contributed by atoms with Gasteiger partial charge in [0.25, 0.3) is 0 Å². The molecule has 1 rings (SSSR count). The minimum atomic E-state index is -0.0974. The van der Waals surface area contributed by atoms with E-state index >= 15 is 0 Å². The molecule has 0 aliphatic rings. The molecule has 5 nitrogen and oxygen atoms in total. The molecule has 0 aliphatic heterocycles. The molecule has 0 spiro atoms. The van der Waals surface area contributed by atoms with Crippen molar-refractivity contribution < 1.29 is 4.74 Å². The van der Waals surface area contributed by atoms with E-state index in [9.17, 15) is 0 Å². The standard InChI is InChI=1S/C11H19ClN4O/c1-6-11(4,5)16-9-13-8(12)14-10(15-9)17-7(2)3/h7H,6H2,1-5H3,(H,13,14,15,16). The van der Waals surface area contributed by atoms with Crippen LogP contribution >= 0.6 is 11.6 Å². The summed E-state index contributed by atoms with van der Waals surface area (Å²) in [5, 5.41) is 3.33. The number of ether oxygens (including phenoxy) is 1. The lowest BCUT2D eigenvalue weighted by Gasteiger charge is -2.24. The lowest BCUT2D eigenvalue weighted by Crippen LogP contribution is -2.30. The molecule has 0 unspecified atom stereocenters. The highest BCUT2D eigenvalue weighted by Crippen LogP contribution is 2.18. The van der Waals surface area contributed by atoms with Crippen LogP contribution in [0.1, 0.15) is 41.0 Å². The number of halogens is 1. The fourth-order valence-corrected chi connectivity index (χ4v) is 1.19. The number of anilines is 1. The third-order valence-electron chi connectivity index (χ3n) is 2.26. The average molecular weight is 259 g/mol. The van der Waals surface area contributed by atoms with Crippen molar-refractivity contribution in [1.82, 2.24) is 15.0 Å². The van der Waals surface area contributed by atoms with Gasteiger partial charge in [-0.25, -0.2) is 0 Å². The second-order valence-corrected chi connectivity index (χ2v) is 5.08. The molecule has 96 valence electrons. The van der Waals surface area contributed by atoms with Crippen LogP contribution in [0.15, 0.2) is 0 Å². The Hall–Kier alpha value is -1.10. The number of nitrogens with one attached hydrogen (secondary N) is 1. The van der Waals surface area contributed by atoms with Gasteiger partial charge in [0.1, 0.15) is 0 Å². The lowest BCUT2D eigenvalue weighted by atomic mass is 10.0. The van der Waals surface area contributed by atoms with Crippen molar-refractivity contribution in [2.24, 2.45) is 0 Å². The van der Waals surface area contributed by atoms with Crippen LogP contribution < -0.4 is 10.1 Å². The van der Waals surface area contributed by atoms with Crippen LogP contribution in [-0.2, 0) is 0 Å². The second-order valence-electron chi connectivity index (χ2n) is 4.74. The molecule has 0 saturated carbocycles. The number of aromatic nitrogens is 3. The Morgan fingerprint density at radius 3 is 2.47 bits per heavy atom. The summed E-state index contributed by atoms with van der Waals surface area (Å²) in [6.45, 7) is 10.0. The minimum absolute atomic E-state index is 0.000465. The predicted molar refractivity (Wildman–Crippen MR) is 68.6 cm³/mol. The molecule has 1 heterocycles. The van der Waals surface area contributed by atoms with E-state index in [1.165, 1.54) is 0 Å². The van der Waals surface area contributed by atoms with E-state index in [2.05, 4.69) is 41.0 Å². The monoisotopic (exact) mass is 258 g/mol. The van der Waals surface area contributed by atoms with Gasteiger partial charge in [0.15, 0.2) is 0 Å². The van der Waals surface area contributed by atoms with Crippen LogP contribution in [0.5, 0.6) is 6.01 Å². The van der Waals surface area contributed by atoms with E-state index in [1.54, 1.807) is 0 Å². The number of nitrogens with zero attached hydrogens (tertiary/aromatic N) is 3.